The van der Waals surface area contributed by atoms with Gasteiger partial charge in [0.15, 0.2) is 0 Å². The van der Waals surface area contributed by atoms with Crippen LogP contribution in [0.2, 0.25) is 10.0 Å². The van der Waals surface area contributed by atoms with Crippen molar-refractivity contribution >= 4 is 29.1 Å². The molecule has 0 bridgehead atoms. The third-order valence-electron chi connectivity index (χ3n) is 3.37. The number of benzene rings is 1. The predicted molar refractivity (Wildman–Crippen MR) is 82.3 cm³/mol. The van der Waals surface area contributed by atoms with E-state index in [4.69, 9.17) is 27.9 Å². The van der Waals surface area contributed by atoms with Crippen LogP contribution in [0.1, 0.15) is 31.4 Å². The zero-order valence-corrected chi connectivity index (χ0v) is 13.2. The van der Waals surface area contributed by atoms with E-state index in [0.717, 1.165) is 6.42 Å². The molecule has 1 amide bonds. The van der Waals surface area contributed by atoms with Gasteiger partial charge >= 0.3 is 0 Å². The van der Waals surface area contributed by atoms with Crippen LogP contribution >= 0.6 is 23.2 Å². The fraction of sp³-hybridized carbons (Fsp3) is 0.400. The topological polar surface area (TPSA) is 58.6 Å². The highest BCUT2D eigenvalue weighted by Gasteiger charge is 2.19. The summed E-state index contributed by atoms with van der Waals surface area (Å²) in [4.78, 5) is 12.1. The molecule has 4 nitrogen and oxygen atoms in total. The van der Waals surface area contributed by atoms with E-state index in [9.17, 15) is 9.90 Å². The molecule has 1 unspecified atom stereocenters. The summed E-state index contributed by atoms with van der Waals surface area (Å²) in [6, 6.07) is 4.86. The van der Waals surface area contributed by atoms with Gasteiger partial charge in [0, 0.05) is 22.2 Å². The predicted octanol–water partition coefficient (Wildman–Crippen LogP) is 3.23. The van der Waals surface area contributed by atoms with Crippen LogP contribution in [-0.2, 0) is 9.53 Å². The summed E-state index contributed by atoms with van der Waals surface area (Å²) < 4.78 is 5.36. The van der Waals surface area contributed by atoms with Crippen molar-refractivity contribution in [3.8, 4) is 0 Å². The van der Waals surface area contributed by atoms with E-state index in [2.05, 4.69) is 5.32 Å². The van der Waals surface area contributed by atoms with Gasteiger partial charge in [-0.15, -0.1) is 0 Å². The molecular weight excluding hydrogens is 313 g/mol. The average Bonchev–Trinajstić information content (AvgIpc) is 2.45. The SMILES string of the molecule is CC1=C(C(=O)NCC(O)c2ccc(Cl)cc2Cl)CCCO1. The van der Waals surface area contributed by atoms with Gasteiger partial charge < -0.3 is 15.2 Å². The highest BCUT2D eigenvalue weighted by atomic mass is 35.5. The van der Waals surface area contributed by atoms with Crippen LogP contribution in [0.5, 0.6) is 0 Å². The smallest absolute Gasteiger partial charge is 0.250 e. The lowest BCUT2D eigenvalue weighted by Gasteiger charge is -2.19. The number of nitrogens with one attached hydrogen (secondary N) is 1. The third kappa shape index (κ3) is 4.13. The van der Waals surface area contributed by atoms with Gasteiger partial charge in [0.2, 0.25) is 0 Å². The Morgan fingerprint density at radius 1 is 1.48 bits per heavy atom. The summed E-state index contributed by atoms with van der Waals surface area (Å²) in [5, 5.41) is 13.7. The van der Waals surface area contributed by atoms with Crippen LogP contribution in [0.3, 0.4) is 0 Å². The van der Waals surface area contributed by atoms with Crippen molar-refractivity contribution in [1.82, 2.24) is 5.32 Å². The van der Waals surface area contributed by atoms with Gasteiger partial charge in [-0.1, -0.05) is 29.3 Å². The van der Waals surface area contributed by atoms with E-state index in [1.54, 1.807) is 25.1 Å². The van der Waals surface area contributed by atoms with Crippen molar-refractivity contribution in [2.24, 2.45) is 0 Å². The molecule has 0 saturated heterocycles. The van der Waals surface area contributed by atoms with E-state index in [-0.39, 0.29) is 12.5 Å². The van der Waals surface area contributed by atoms with Crippen LogP contribution in [0, 0.1) is 0 Å². The number of ether oxygens (including phenoxy) is 1. The summed E-state index contributed by atoms with van der Waals surface area (Å²) in [6.07, 6.45) is 0.630. The first-order valence-electron chi connectivity index (χ1n) is 6.73. The molecule has 0 aliphatic carbocycles. The van der Waals surface area contributed by atoms with Crippen molar-refractivity contribution in [2.45, 2.75) is 25.9 Å². The summed E-state index contributed by atoms with van der Waals surface area (Å²) in [5.74, 6) is 0.439. The number of aliphatic hydroxyl groups excluding tert-OH is 1. The maximum atomic E-state index is 12.1. The molecule has 0 saturated carbocycles. The number of carbonyl (C=O) groups is 1. The summed E-state index contributed by atoms with van der Waals surface area (Å²) in [5.41, 5.74) is 1.17. The largest absolute Gasteiger partial charge is 0.498 e. The molecule has 0 radical (unpaired) electrons. The Kier molecular flexibility index (Phi) is 5.51. The second-order valence-electron chi connectivity index (χ2n) is 4.88. The summed E-state index contributed by atoms with van der Waals surface area (Å²) in [6.45, 7) is 2.50. The van der Waals surface area contributed by atoms with Crippen LogP contribution < -0.4 is 5.32 Å². The first kappa shape index (κ1) is 16.1. The third-order valence-corrected chi connectivity index (χ3v) is 3.93. The highest BCUT2D eigenvalue weighted by molar-refractivity contribution is 6.35. The summed E-state index contributed by atoms with van der Waals surface area (Å²) >= 11 is 11.8. The van der Waals surface area contributed by atoms with Crippen LogP contribution in [-0.4, -0.2) is 24.2 Å². The summed E-state index contributed by atoms with van der Waals surface area (Å²) in [7, 11) is 0. The number of allylic oxidation sites excluding steroid dienone is 1. The fourth-order valence-electron chi connectivity index (χ4n) is 2.19. The fourth-order valence-corrected chi connectivity index (χ4v) is 2.72. The van der Waals surface area contributed by atoms with E-state index < -0.39 is 6.10 Å². The number of amides is 1. The van der Waals surface area contributed by atoms with E-state index in [1.807, 2.05) is 0 Å². The average molecular weight is 330 g/mol. The van der Waals surface area contributed by atoms with Crippen molar-refractivity contribution < 1.29 is 14.6 Å². The Balaban J connectivity index is 1.97. The van der Waals surface area contributed by atoms with Crippen molar-refractivity contribution in [3.63, 3.8) is 0 Å². The molecule has 1 heterocycles. The number of hydrogen-bond acceptors (Lipinski definition) is 3. The lowest BCUT2D eigenvalue weighted by Crippen LogP contribution is -2.31. The number of halogens is 2. The molecule has 1 aliphatic rings. The Labute approximate surface area is 133 Å². The Morgan fingerprint density at radius 3 is 2.90 bits per heavy atom. The van der Waals surface area contributed by atoms with Crippen LogP contribution in [0.15, 0.2) is 29.5 Å². The molecule has 0 fully saturated rings. The van der Waals surface area contributed by atoms with E-state index >= 15 is 0 Å². The van der Waals surface area contributed by atoms with Gasteiger partial charge in [0.05, 0.1) is 18.3 Å². The van der Waals surface area contributed by atoms with Crippen molar-refractivity contribution in [3.05, 3.63) is 45.1 Å². The van der Waals surface area contributed by atoms with E-state index in [0.29, 0.717) is 40.0 Å². The second-order valence-corrected chi connectivity index (χ2v) is 5.72. The minimum absolute atomic E-state index is 0.0803. The maximum absolute atomic E-state index is 12.1. The molecule has 1 aromatic carbocycles. The molecule has 2 N–H and O–H groups in total. The Hall–Kier alpha value is -1.23. The van der Waals surface area contributed by atoms with Gasteiger partial charge in [-0.3, -0.25) is 4.79 Å². The lowest BCUT2D eigenvalue weighted by molar-refractivity contribution is -0.118. The first-order chi connectivity index (χ1) is 9.99. The second kappa shape index (κ2) is 7.16. The van der Waals surface area contributed by atoms with Gasteiger partial charge in [0.25, 0.3) is 5.91 Å². The van der Waals surface area contributed by atoms with Gasteiger partial charge in [0.1, 0.15) is 5.76 Å². The molecule has 1 aliphatic heterocycles. The molecule has 1 aromatic rings. The highest BCUT2D eigenvalue weighted by Crippen LogP contribution is 2.26. The molecule has 2 rings (SSSR count). The normalized spacial score (nSPS) is 16.4. The zero-order chi connectivity index (χ0) is 15.4. The maximum Gasteiger partial charge on any atom is 0.250 e. The number of hydrogen-bond donors (Lipinski definition) is 2. The molecular formula is C15H17Cl2NO3. The zero-order valence-electron chi connectivity index (χ0n) is 11.7. The van der Waals surface area contributed by atoms with Crippen LogP contribution in [0.25, 0.3) is 0 Å². The number of carbonyl (C=O) groups excluding carboxylic acids is 1. The minimum Gasteiger partial charge on any atom is -0.498 e. The van der Waals surface area contributed by atoms with Gasteiger partial charge in [-0.25, -0.2) is 0 Å². The standard InChI is InChI=1S/C15H17Cl2NO3/c1-9-11(3-2-6-21-9)15(20)18-8-14(19)12-5-4-10(16)7-13(12)17/h4-5,7,14,19H,2-3,6,8H2,1H3,(H,18,20). The molecule has 0 aromatic heterocycles. The molecule has 0 spiro atoms. The van der Waals surface area contributed by atoms with Crippen LogP contribution in [0.4, 0.5) is 0 Å². The Bertz CT molecular complexity index is 572. The lowest BCUT2D eigenvalue weighted by atomic mass is 10.1. The van der Waals surface area contributed by atoms with Gasteiger partial charge in [-0.05, 0) is 31.9 Å². The Morgan fingerprint density at radius 2 is 2.24 bits per heavy atom. The van der Waals surface area contributed by atoms with E-state index in [1.165, 1.54) is 0 Å². The molecule has 21 heavy (non-hydrogen) atoms. The monoisotopic (exact) mass is 329 g/mol. The number of rotatable bonds is 4. The quantitative estimate of drug-likeness (QED) is 0.891. The minimum atomic E-state index is -0.885. The molecule has 114 valence electrons. The molecule has 6 heteroatoms. The van der Waals surface area contributed by atoms with Crippen molar-refractivity contribution in [2.75, 3.05) is 13.2 Å². The first-order valence-corrected chi connectivity index (χ1v) is 7.48. The van der Waals surface area contributed by atoms with Gasteiger partial charge in [-0.2, -0.15) is 0 Å². The number of aliphatic hydroxyl groups is 1. The van der Waals surface area contributed by atoms with Crippen molar-refractivity contribution in [1.29, 1.82) is 0 Å². The molecule has 1 atom stereocenters.